The monoisotopic (exact) mass is 395 g/mol. The Morgan fingerprint density at radius 1 is 0.571 bits per heavy atom. The maximum absolute atomic E-state index is 6.58. The van der Waals surface area contributed by atoms with Crippen molar-refractivity contribution >= 4 is 62.8 Å². The fourth-order valence-electron chi connectivity index (χ4n) is 5.32. The van der Waals surface area contributed by atoms with Gasteiger partial charge in [-0.25, -0.2) is 0 Å². The lowest BCUT2D eigenvalue weighted by molar-refractivity contribution is 1.31. The van der Waals surface area contributed by atoms with Gasteiger partial charge in [-0.15, -0.1) is 0 Å². The van der Waals surface area contributed by atoms with Crippen LogP contribution in [0.15, 0.2) is 72.8 Å². The van der Waals surface area contributed by atoms with E-state index in [0.717, 1.165) is 10.0 Å². The Balaban J connectivity index is 1.85. The highest BCUT2D eigenvalue weighted by Gasteiger charge is 2.39. The van der Waals surface area contributed by atoms with E-state index in [4.69, 9.17) is 23.2 Å². The van der Waals surface area contributed by atoms with Gasteiger partial charge in [0.2, 0.25) is 0 Å². The van der Waals surface area contributed by atoms with E-state index in [1.807, 2.05) is 0 Å². The van der Waals surface area contributed by atoms with Crippen molar-refractivity contribution in [3.8, 4) is 22.3 Å². The highest BCUT2D eigenvalue weighted by molar-refractivity contribution is 6.88. The first kappa shape index (κ1) is 15.3. The second-order valence-electron chi connectivity index (χ2n) is 7.65. The molecule has 130 valence electrons. The minimum Gasteiger partial charge on any atom is -0.375 e. The summed E-state index contributed by atoms with van der Waals surface area (Å²) >= 11 is 13.2. The fourth-order valence-corrected chi connectivity index (χ4v) is 5.75. The summed E-state index contributed by atoms with van der Waals surface area (Å²) in [4.78, 5) is 0. The molecule has 4 heteroatoms. The molecule has 4 aromatic carbocycles. The largest absolute Gasteiger partial charge is 0.375 e. The molecular weight excluding hydrogens is 384 g/mol. The predicted octanol–water partition coefficient (Wildman–Crippen LogP) is 5.72. The zero-order valence-electron chi connectivity index (χ0n) is 14.7. The van der Waals surface area contributed by atoms with Gasteiger partial charge in [0.15, 0.2) is 0 Å². The van der Waals surface area contributed by atoms with Gasteiger partial charge in [-0.2, -0.15) is 0 Å². The summed E-state index contributed by atoms with van der Waals surface area (Å²) in [6.07, 6.45) is 0. The average Bonchev–Trinajstić information content (AvgIpc) is 3.03. The van der Waals surface area contributed by atoms with Crippen molar-refractivity contribution in [2.24, 2.45) is 0 Å². The number of nitrogens with zero attached hydrogens (tertiary/aromatic N) is 1. The molecule has 0 bridgehead atoms. The molecule has 0 aliphatic carbocycles. The molecule has 5 aromatic rings. The first-order chi connectivity index (χ1) is 13.7. The van der Waals surface area contributed by atoms with Crippen LogP contribution in [0.5, 0.6) is 0 Å². The first-order valence-electron chi connectivity index (χ1n) is 9.37. The number of hydrogen-bond donors (Lipinski definition) is 0. The molecule has 2 aliphatic rings. The molecule has 3 heterocycles. The topological polar surface area (TPSA) is 4.93 Å². The maximum Gasteiger partial charge on any atom is 0.329 e. The van der Waals surface area contributed by atoms with Gasteiger partial charge in [0.05, 0.1) is 0 Å². The Kier molecular flexibility index (Phi) is 2.74. The molecule has 0 amide bonds. The minimum atomic E-state index is 0.162. The molecule has 0 unspecified atom stereocenters. The Bertz CT molecular complexity index is 1390. The van der Waals surface area contributed by atoms with Crippen molar-refractivity contribution in [3.05, 3.63) is 82.8 Å². The van der Waals surface area contributed by atoms with Gasteiger partial charge in [-0.1, -0.05) is 71.7 Å². The number of halogens is 2. The normalized spacial score (nSPS) is 13.3. The van der Waals surface area contributed by atoms with Crippen LogP contribution in [0.1, 0.15) is 0 Å². The van der Waals surface area contributed by atoms with Gasteiger partial charge in [0.1, 0.15) is 0 Å². The van der Waals surface area contributed by atoms with Crippen LogP contribution in [0.25, 0.3) is 44.1 Å². The van der Waals surface area contributed by atoms with Crippen LogP contribution >= 0.6 is 23.2 Å². The van der Waals surface area contributed by atoms with Crippen LogP contribution in [-0.4, -0.2) is 11.3 Å². The first-order valence-corrected chi connectivity index (χ1v) is 10.1. The summed E-state index contributed by atoms with van der Waals surface area (Å²) in [7, 11) is 0. The van der Waals surface area contributed by atoms with Gasteiger partial charge < -0.3 is 4.48 Å². The number of aromatic nitrogens is 1. The molecule has 2 aliphatic heterocycles. The van der Waals surface area contributed by atoms with E-state index in [2.05, 4.69) is 77.3 Å². The van der Waals surface area contributed by atoms with Gasteiger partial charge in [0.25, 0.3) is 0 Å². The summed E-state index contributed by atoms with van der Waals surface area (Å²) in [5.41, 5.74) is 10.1. The smallest absolute Gasteiger partial charge is 0.329 e. The zero-order chi connectivity index (χ0) is 18.6. The maximum atomic E-state index is 6.58. The van der Waals surface area contributed by atoms with E-state index >= 15 is 0 Å². The summed E-state index contributed by atoms with van der Waals surface area (Å²) < 4.78 is 2.51. The van der Waals surface area contributed by atoms with Crippen LogP contribution in [0.3, 0.4) is 0 Å². The molecular formula is C24H12BCl2N. The van der Waals surface area contributed by atoms with Crippen molar-refractivity contribution in [1.82, 2.24) is 4.48 Å². The Morgan fingerprint density at radius 2 is 1.04 bits per heavy atom. The van der Waals surface area contributed by atoms with E-state index < -0.39 is 0 Å². The third-order valence-corrected chi connectivity index (χ3v) is 6.71. The van der Waals surface area contributed by atoms with Crippen molar-refractivity contribution < 1.29 is 0 Å². The molecule has 28 heavy (non-hydrogen) atoms. The molecule has 7 rings (SSSR count). The third kappa shape index (κ3) is 1.67. The van der Waals surface area contributed by atoms with Crippen LogP contribution in [0.4, 0.5) is 0 Å². The molecule has 0 atom stereocenters. The summed E-state index contributed by atoms with van der Waals surface area (Å²) in [5, 5.41) is 3.86. The average molecular weight is 396 g/mol. The van der Waals surface area contributed by atoms with E-state index in [1.54, 1.807) is 0 Å². The number of rotatable bonds is 0. The Hall–Kier alpha value is -2.68. The summed E-state index contributed by atoms with van der Waals surface area (Å²) in [5.74, 6) is 0. The van der Waals surface area contributed by atoms with Crippen LogP contribution in [0.2, 0.25) is 10.0 Å². The molecule has 1 nitrogen and oxygen atoms in total. The molecule has 0 N–H and O–H groups in total. The Morgan fingerprint density at radius 3 is 1.54 bits per heavy atom. The lowest BCUT2D eigenvalue weighted by Crippen LogP contribution is -2.53. The van der Waals surface area contributed by atoms with Crippen LogP contribution in [-0.2, 0) is 0 Å². The Labute approximate surface area is 172 Å². The minimum absolute atomic E-state index is 0.162. The predicted molar refractivity (Wildman–Crippen MR) is 121 cm³/mol. The summed E-state index contributed by atoms with van der Waals surface area (Å²) in [6, 6.07) is 25.8. The quantitative estimate of drug-likeness (QED) is 0.289. The molecule has 0 saturated carbocycles. The van der Waals surface area contributed by atoms with E-state index in [0.29, 0.717) is 0 Å². The molecule has 0 spiro atoms. The van der Waals surface area contributed by atoms with Crippen LogP contribution < -0.4 is 10.9 Å². The number of fused-ring (bicyclic) bond motifs is 7. The van der Waals surface area contributed by atoms with E-state index in [9.17, 15) is 0 Å². The van der Waals surface area contributed by atoms with Gasteiger partial charge in [-0.3, -0.25) is 0 Å². The third-order valence-electron chi connectivity index (χ3n) is 6.27. The highest BCUT2D eigenvalue weighted by Crippen LogP contribution is 2.46. The van der Waals surface area contributed by atoms with Gasteiger partial charge >= 0.3 is 6.85 Å². The molecule has 0 radical (unpaired) electrons. The van der Waals surface area contributed by atoms with Crippen molar-refractivity contribution in [3.63, 3.8) is 0 Å². The van der Waals surface area contributed by atoms with Crippen molar-refractivity contribution in [1.29, 1.82) is 0 Å². The zero-order valence-corrected chi connectivity index (χ0v) is 16.2. The highest BCUT2D eigenvalue weighted by atomic mass is 35.5. The molecule has 0 saturated heterocycles. The van der Waals surface area contributed by atoms with Crippen molar-refractivity contribution in [2.75, 3.05) is 0 Å². The number of hydrogen-bond acceptors (Lipinski definition) is 0. The molecule has 1 aromatic heterocycles. The summed E-state index contributed by atoms with van der Waals surface area (Å²) in [6.45, 7) is 0.162. The van der Waals surface area contributed by atoms with Crippen LogP contribution in [0, 0.1) is 0 Å². The SMILES string of the molecule is Clc1cc2c3c(c1)c1cc(Cl)cc4c1n3B(c1ccccc1-2)c1ccccc1-4. The van der Waals surface area contributed by atoms with Gasteiger partial charge in [-0.05, 0) is 46.3 Å². The standard InChI is InChI=1S/C24H12BCl2N/c26-13-9-17-15-5-1-3-7-21(15)25-22-8-4-2-6-16(22)18-10-14(27)12-20-19(11-13)23(17)28(25)24(18)20/h1-12H. The van der Waals surface area contributed by atoms with E-state index in [1.165, 1.54) is 55.0 Å². The number of benzene rings is 4. The fraction of sp³-hybridized carbons (Fsp3) is 0. The lowest BCUT2D eigenvalue weighted by atomic mass is 9.45. The van der Waals surface area contributed by atoms with Gasteiger partial charge in [0, 0.05) is 43.0 Å². The second kappa shape index (κ2) is 5.02. The lowest BCUT2D eigenvalue weighted by Gasteiger charge is -2.32. The second-order valence-corrected chi connectivity index (χ2v) is 8.52. The molecule has 0 fully saturated rings. The van der Waals surface area contributed by atoms with E-state index in [-0.39, 0.29) is 6.85 Å². The van der Waals surface area contributed by atoms with Crippen molar-refractivity contribution in [2.45, 2.75) is 0 Å².